The Morgan fingerprint density at radius 2 is 2.10 bits per heavy atom. The van der Waals surface area contributed by atoms with E-state index in [9.17, 15) is 0 Å². The maximum absolute atomic E-state index is 4.13. The molecule has 0 aromatic carbocycles. The minimum Gasteiger partial charge on any atom is -0.291 e. The fourth-order valence-electron chi connectivity index (χ4n) is 1.07. The quantitative estimate of drug-likeness (QED) is 0.482. The predicted molar refractivity (Wildman–Crippen MR) is 45.1 cm³/mol. The van der Waals surface area contributed by atoms with Crippen LogP contribution in [0.2, 0.25) is 0 Å². The molecule has 0 aromatic heterocycles. The second-order valence-electron chi connectivity index (χ2n) is 2.22. The van der Waals surface area contributed by atoms with Gasteiger partial charge in [-0.15, -0.1) is 0 Å². The van der Waals surface area contributed by atoms with Crippen LogP contribution in [0.15, 0.2) is 22.1 Å². The van der Waals surface area contributed by atoms with Crippen LogP contribution in [-0.2, 0) is 0 Å². The average molecular weight is 136 g/mol. The Morgan fingerprint density at radius 3 is 2.60 bits per heavy atom. The van der Waals surface area contributed by atoms with Gasteiger partial charge < -0.3 is 0 Å². The first-order chi connectivity index (χ1) is 4.88. The number of rotatable bonds is 0. The molecule has 0 atom stereocenters. The minimum absolute atomic E-state index is 1.04. The molecule has 0 heterocycles. The molecule has 0 spiro atoms. The number of hydrogen-bond donors (Lipinski definition) is 0. The van der Waals surface area contributed by atoms with Gasteiger partial charge in [-0.2, -0.15) is 0 Å². The lowest BCUT2D eigenvalue weighted by molar-refractivity contribution is 1.08. The standard InChI is InChI=1S/C8H12N2/c1-9-7-5-3-4-6-8(7)10-2/h3,5H,4,6H2,1-2H3. The molecule has 0 aliphatic heterocycles. The Kier molecular flexibility index (Phi) is 2.37. The van der Waals surface area contributed by atoms with Crippen LogP contribution in [0.4, 0.5) is 0 Å². The Balaban J connectivity index is 2.86. The van der Waals surface area contributed by atoms with Gasteiger partial charge in [0.05, 0.1) is 11.4 Å². The van der Waals surface area contributed by atoms with Crippen LogP contribution in [0.25, 0.3) is 0 Å². The highest BCUT2D eigenvalue weighted by Crippen LogP contribution is 2.04. The van der Waals surface area contributed by atoms with Gasteiger partial charge in [0.1, 0.15) is 0 Å². The zero-order valence-electron chi connectivity index (χ0n) is 6.46. The fraction of sp³-hybridized carbons (Fsp3) is 0.500. The summed E-state index contributed by atoms with van der Waals surface area (Å²) in [4.78, 5) is 8.23. The van der Waals surface area contributed by atoms with E-state index in [4.69, 9.17) is 0 Å². The highest BCUT2D eigenvalue weighted by atomic mass is 14.8. The molecule has 0 N–H and O–H groups in total. The van der Waals surface area contributed by atoms with Crippen molar-refractivity contribution in [3.05, 3.63) is 12.2 Å². The zero-order chi connectivity index (χ0) is 7.40. The van der Waals surface area contributed by atoms with Crippen molar-refractivity contribution in [2.24, 2.45) is 9.98 Å². The summed E-state index contributed by atoms with van der Waals surface area (Å²) < 4.78 is 0. The fourth-order valence-corrected chi connectivity index (χ4v) is 1.07. The number of allylic oxidation sites excluding steroid dienone is 2. The molecular weight excluding hydrogens is 124 g/mol. The smallest absolute Gasteiger partial charge is 0.0777 e. The molecule has 0 unspecified atom stereocenters. The van der Waals surface area contributed by atoms with Crippen molar-refractivity contribution < 1.29 is 0 Å². The lowest BCUT2D eigenvalue weighted by Gasteiger charge is -2.07. The Bertz CT molecular complexity index is 199. The minimum atomic E-state index is 1.04. The Labute approximate surface area is 61.4 Å². The van der Waals surface area contributed by atoms with E-state index in [-0.39, 0.29) is 0 Å². The largest absolute Gasteiger partial charge is 0.291 e. The topological polar surface area (TPSA) is 24.7 Å². The molecule has 0 radical (unpaired) electrons. The molecule has 10 heavy (non-hydrogen) atoms. The summed E-state index contributed by atoms with van der Waals surface area (Å²) in [5, 5.41) is 0. The van der Waals surface area contributed by atoms with Crippen molar-refractivity contribution in [2.75, 3.05) is 14.1 Å². The first kappa shape index (κ1) is 7.19. The van der Waals surface area contributed by atoms with Crippen LogP contribution >= 0.6 is 0 Å². The van der Waals surface area contributed by atoms with E-state index in [0.29, 0.717) is 0 Å². The van der Waals surface area contributed by atoms with Gasteiger partial charge in [0.15, 0.2) is 0 Å². The maximum Gasteiger partial charge on any atom is 0.0777 e. The van der Waals surface area contributed by atoms with Crippen LogP contribution in [0.1, 0.15) is 12.8 Å². The predicted octanol–water partition coefficient (Wildman–Crippen LogP) is 1.48. The monoisotopic (exact) mass is 136 g/mol. The summed E-state index contributed by atoms with van der Waals surface area (Å²) in [7, 11) is 3.62. The van der Waals surface area contributed by atoms with Gasteiger partial charge in [-0.1, -0.05) is 6.08 Å². The molecule has 0 saturated heterocycles. The lowest BCUT2D eigenvalue weighted by Crippen LogP contribution is -2.14. The van der Waals surface area contributed by atoms with E-state index >= 15 is 0 Å². The van der Waals surface area contributed by atoms with E-state index in [1.54, 1.807) is 7.05 Å². The SMILES string of the molecule is CN=C1C=CCCC1=NC. The molecule has 0 fully saturated rings. The van der Waals surface area contributed by atoms with E-state index < -0.39 is 0 Å². The Hall–Kier alpha value is -0.920. The van der Waals surface area contributed by atoms with Crippen molar-refractivity contribution in [2.45, 2.75) is 12.8 Å². The number of nitrogens with zero attached hydrogens (tertiary/aromatic N) is 2. The van der Waals surface area contributed by atoms with E-state index in [2.05, 4.69) is 16.1 Å². The van der Waals surface area contributed by atoms with Gasteiger partial charge in [-0.05, 0) is 18.9 Å². The zero-order valence-corrected chi connectivity index (χ0v) is 6.46. The third kappa shape index (κ3) is 1.32. The van der Waals surface area contributed by atoms with Crippen LogP contribution in [0.3, 0.4) is 0 Å². The van der Waals surface area contributed by atoms with Crippen molar-refractivity contribution in [1.29, 1.82) is 0 Å². The van der Waals surface area contributed by atoms with Crippen molar-refractivity contribution in [3.8, 4) is 0 Å². The highest BCUT2D eigenvalue weighted by Gasteiger charge is 2.06. The summed E-state index contributed by atoms with van der Waals surface area (Å²) >= 11 is 0. The highest BCUT2D eigenvalue weighted by molar-refractivity contribution is 6.47. The molecule has 1 rings (SSSR count). The summed E-state index contributed by atoms with van der Waals surface area (Å²) in [6, 6.07) is 0. The van der Waals surface area contributed by atoms with Crippen LogP contribution < -0.4 is 0 Å². The summed E-state index contributed by atoms with van der Waals surface area (Å²) in [6.07, 6.45) is 6.31. The van der Waals surface area contributed by atoms with Crippen LogP contribution in [0, 0.1) is 0 Å². The maximum atomic E-state index is 4.13. The van der Waals surface area contributed by atoms with Crippen molar-refractivity contribution >= 4 is 11.4 Å². The molecule has 0 saturated carbocycles. The molecule has 1 aliphatic rings. The molecule has 2 nitrogen and oxygen atoms in total. The summed E-state index contributed by atoms with van der Waals surface area (Å²) in [6.45, 7) is 0. The first-order valence-corrected chi connectivity index (χ1v) is 3.48. The van der Waals surface area contributed by atoms with Crippen molar-refractivity contribution in [1.82, 2.24) is 0 Å². The van der Waals surface area contributed by atoms with E-state index in [0.717, 1.165) is 24.3 Å². The lowest BCUT2D eigenvalue weighted by atomic mass is 10.0. The number of aliphatic imine (C=N–C) groups is 2. The van der Waals surface area contributed by atoms with Gasteiger partial charge in [0.2, 0.25) is 0 Å². The second-order valence-corrected chi connectivity index (χ2v) is 2.22. The molecule has 0 bridgehead atoms. The molecule has 54 valence electrons. The van der Waals surface area contributed by atoms with Gasteiger partial charge >= 0.3 is 0 Å². The molecular formula is C8H12N2. The van der Waals surface area contributed by atoms with Crippen molar-refractivity contribution in [3.63, 3.8) is 0 Å². The molecule has 0 amide bonds. The normalized spacial score (nSPS) is 26.2. The first-order valence-electron chi connectivity index (χ1n) is 3.48. The third-order valence-corrected chi connectivity index (χ3v) is 1.63. The van der Waals surface area contributed by atoms with Crippen LogP contribution in [0.5, 0.6) is 0 Å². The summed E-state index contributed by atoms with van der Waals surface area (Å²) in [5.41, 5.74) is 2.17. The van der Waals surface area contributed by atoms with Gasteiger partial charge in [0.25, 0.3) is 0 Å². The second kappa shape index (κ2) is 3.30. The van der Waals surface area contributed by atoms with E-state index in [1.807, 2.05) is 13.1 Å². The van der Waals surface area contributed by atoms with Gasteiger partial charge in [-0.25, -0.2) is 0 Å². The third-order valence-electron chi connectivity index (χ3n) is 1.63. The number of hydrogen-bond acceptors (Lipinski definition) is 2. The Morgan fingerprint density at radius 1 is 1.30 bits per heavy atom. The molecule has 2 heteroatoms. The molecule has 0 aromatic rings. The van der Waals surface area contributed by atoms with E-state index in [1.165, 1.54) is 0 Å². The molecule has 1 aliphatic carbocycles. The summed E-state index contributed by atoms with van der Waals surface area (Å²) in [5.74, 6) is 0. The van der Waals surface area contributed by atoms with Gasteiger partial charge in [-0.3, -0.25) is 9.98 Å². The van der Waals surface area contributed by atoms with Crippen LogP contribution in [-0.4, -0.2) is 25.5 Å². The average Bonchev–Trinajstić information content (AvgIpc) is 2.04. The van der Waals surface area contributed by atoms with Gasteiger partial charge in [0, 0.05) is 14.1 Å².